The standard InChI is InChI=1S/C28H24N4O4/c1-32(2)28(33)18-7-9-20(10-8-18)35-25-16-23-24(31-27(30-23)22-6-4-5-15-29-22)17-26(25)36-21-13-11-19(34-3)12-14-21/h4-17H,1-3H3,(H,30,31). The van der Waals surface area contributed by atoms with Crippen molar-refractivity contribution in [2.45, 2.75) is 0 Å². The van der Waals surface area contributed by atoms with Gasteiger partial charge in [0.2, 0.25) is 0 Å². The summed E-state index contributed by atoms with van der Waals surface area (Å²) in [6.45, 7) is 0. The maximum absolute atomic E-state index is 12.2. The number of nitrogens with one attached hydrogen (secondary N) is 1. The van der Waals surface area contributed by atoms with Gasteiger partial charge in [0.1, 0.15) is 22.9 Å². The van der Waals surface area contributed by atoms with Crippen LogP contribution in [0.4, 0.5) is 0 Å². The summed E-state index contributed by atoms with van der Waals surface area (Å²) in [5.41, 5.74) is 2.78. The first-order valence-corrected chi connectivity index (χ1v) is 11.3. The third kappa shape index (κ3) is 4.83. The lowest BCUT2D eigenvalue weighted by Gasteiger charge is -2.14. The second-order valence-electron chi connectivity index (χ2n) is 8.22. The zero-order valence-corrected chi connectivity index (χ0v) is 20.1. The lowest BCUT2D eigenvalue weighted by Crippen LogP contribution is -2.21. The van der Waals surface area contributed by atoms with E-state index < -0.39 is 0 Å². The Morgan fingerprint density at radius 1 is 0.833 bits per heavy atom. The van der Waals surface area contributed by atoms with E-state index in [1.54, 1.807) is 51.7 Å². The molecule has 0 bridgehead atoms. The Morgan fingerprint density at radius 2 is 1.47 bits per heavy atom. The van der Waals surface area contributed by atoms with Crippen molar-refractivity contribution in [1.82, 2.24) is 19.9 Å². The number of methoxy groups -OCH3 is 1. The Morgan fingerprint density at radius 3 is 2.08 bits per heavy atom. The van der Waals surface area contributed by atoms with Crippen LogP contribution >= 0.6 is 0 Å². The lowest BCUT2D eigenvalue weighted by atomic mass is 10.2. The van der Waals surface area contributed by atoms with Gasteiger partial charge in [-0.2, -0.15) is 0 Å². The van der Waals surface area contributed by atoms with Crippen LogP contribution in [0.2, 0.25) is 0 Å². The van der Waals surface area contributed by atoms with Gasteiger partial charge in [0.15, 0.2) is 17.3 Å². The Labute approximate surface area is 208 Å². The summed E-state index contributed by atoms with van der Waals surface area (Å²) in [5.74, 6) is 3.45. The van der Waals surface area contributed by atoms with Crippen LogP contribution in [0.3, 0.4) is 0 Å². The van der Waals surface area contributed by atoms with Crippen molar-refractivity contribution in [3.8, 4) is 40.3 Å². The number of fused-ring (bicyclic) bond motifs is 1. The Balaban J connectivity index is 1.52. The highest BCUT2D eigenvalue weighted by Gasteiger charge is 2.15. The first kappa shape index (κ1) is 22.9. The first-order valence-electron chi connectivity index (χ1n) is 11.3. The molecule has 0 aliphatic rings. The average Bonchev–Trinajstić information content (AvgIpc) is 3.32. The Kier molecular flexibility index (Phi) is 6.23. The molecule has 0 saturated carbocycles. The second kappa shape index (κ2) is 9.79. The summed E-state index contributed by atoms with van der Waals surface area (Å²) in [6.07, 6.45) is 1.72. The molecule has 0 aliphatic carbocycles. The predicted molar refractivity (Wildman–Crippen MR) is 137 cm³/mol. The third-order valence-electron chi connectivity index (χ3n) is 5.48. The number of carbonyl (C=O) groups is 1. The molecule has 8 nitrogen and oxygen atoms in total. The second-order valence-corrected chi connectivity index (χ2v) is 8.22. The summed E-state index contributed by atoms with van der Waals surface area (Å²) in [5, 5.41) is 0. The fourth-order valence-electron chi connectivity index (χ4n) is 3.62. The first-order chi connectivity index (χ1) is 17.5. The molecule has 0 spiro atoms. The van der Waals surface area contributed by atoms with Gasteiger partial charge in [-0.25, -0.2) is 4.98 Å². The molecule has 5 aromatic rings. The van der Waals surface area contributed by atoms with Crippen LogP contribution in [-0.4, -0.2) is 47.0 Å². The number of ether oxygens (including phenoxy) is 3. The van der Waals surface area contributed by atoms with Crippen LogP contribution in [0.15, 0.2) is 85.1 Å². The third-order valence-corrected chi connectivity index (χ3v) is 5.48. The minimum absolute atomic E-state index is 0.0786. The molecule has 2 aromatic heterocycles. The van der Waals surface area contributed by atoms with Crippen LogP contribution in [0.1, 0.15) is 10.4 Å². The summed E-state index contributed by atoms with van der Waals surface area (Å²) in [7, 11) is 5.05. The topological polar surface area (TPSA) is 89.6 Å². The predicted octanol–water partition coefficient (Wildman–Crippen LogP) is 5.92. The molecular formula is C28H24N4O4. The van der Waals surface area contributed by atoms with Crippen molar-refractivity contribution in [3.05, 3.63) is 90.6 Å². The Hall–Kier alpha value is -4.85. The van der Waals surface area contributed by atoms with Crippen molar-refractivity contribution in [2.24, 2.45) is 0 Å². The maximum atomic E-state index is 12.2. The van der Waals surface area contributed by atoms with E-state index in [1.807, 2.05) is 54.6 Å². The zero-order valence-electron chi connectivity index (χ0n) is 20.1. The molecule has 1 amide bonds. The summed E-state index contributed by atoms with van der Waals surface area (Å²) in [4.78, 5) is 26.1. The summed E-state index contributed by atoms with van der Waals surface area (Å²) >= 11 is 0. The van der Waals surface area contributed by atoms with Gasteiger partial charge < -0.3 is 24.1 Å². The van der Waals surface area contributed by atoms with Gasteiger partial charge in [-0.15, -0.1) is 0 Å². The molecule has 8 heteroatoms. The number of rotatable bonds is 7. The monoisotopic (exact) mass is 480 g/mol. The quantitative estimate of drug-likeness (QED) is 0.311. The number of aromatic amines is 1. The molecule has 0 radical (unpaired) electrons. The normalized spacial score (nSPS) is 10.8. The van der Waals surface area contributed by atoms with Crippen LogP contribution in [0.25, 0.3) is 22.6 Å². The van der Waals surface area contributed by atoms with Gasteiger partial charge in [-0.05, 0) is 60.7 Å². The van der Waals surface area contributed by atoms with Crippen molar-refractivity contribution in [3.63, 3.8) is 0 Å². The fourth-order valence-corrected chi connectivity index (χ4v) is 3.62. The minimum Gasteiger partial charge on any atom is -0.497 e. The number of hydrogen-bond donors (Lipinski definition) is 1. The van der Waals surface area contributed by atoms with Crippen LogP contribution in [0.5, 0.6) is 28.7 Å². The van der Waals surface area contributed by atoms with E-state index in [-0.39, 0.29) is 5.91 Å². The van der Waals surface area contributed by atoms with Gasteiger partial charge in [-0.1, -0.05) is 6.07 Å². The van der Waals surface area contributed by atoms with Crippen molar-refractivity contribution >= 4 is 16.9 Å². The number of imidazole rings is 1. The smallest absolute Gasteiger partial charge is 0.253 e. The van der Waals surface area contributed by atoms with Gasteiger partial charge in [0.25, 0.3) is 5.91 Å². The average molecular weight is 481 g/mol. The van der Waals surface area contributed by atoms with E-state index in [1.165, 1.54) is 4.90 Å². The molecule has 3 aromatic carbocycles. The van der Waals surface area contributed by atoms with Crippen LogP contribution < -0.4 is 14.2 Å². The number of carbonyl (C=O) groups excluding carboxylic acids is 1. The van der Waals surface area contributed by atoms with Crippen molar-refractivity contribution in [2.75, 3.05) is 21.2 Å². The summed E-state index contributed by atoms with van der Waals surface area (Å²) < 4.78 is 17.6. The molecule has 0 atom stereocenters. The zero-order chi connectivity index (χ0) is 25.1. The number of pyridine rings is 1. The number of amides is 1. The van der Waals surface area contributed by atoms with Crippen LogP contribution in [0, 0.1) is 0 Å². The van der Waals surface area contributed by atoms with E-state index in [4.69, 9.17) is 19.2 Å². The SMILES string of the molecule is COc1ccc(Oc2cc3[nH]c(-c4ccccn4)nc3cc2Oc2ccc(C(=O)N(C)C)cc2)cc1. The summed E-state index contributed by atoms with van der Waals surface area (Å²) in [6, 6.07) is 23.6. The highest BCUT2D eigenvalue weighted by Crippen LogP contribution is 2.38. The number of aromatic nitrogens is 3. The largest absolute Gasteiger partial charge is 0.497 e. The number of H-pyrrole nitrogens is 1. The Bertz CT molecular complexity index is 1500. The van der Waals surface area contributed by atoms with E-state index >= 15 is 0 Å². The highest BCUT2D eigenvalue weighted by atomic mass is 16.5. The van der Waals surface area contributed by atoms with Gasteiger partial charge >= 0.3 is 0 Å². The molecule has 2 heterocycles. The van der Waals surface area contributed by atoms with Crippen molar-refractivity contribution < 1.29 is 19.0 Å². The number of hydrogen-bond acceptors (Lipinski definition) is 6. The number of nitrogens with zero attached hydrogens (tertiary/aromatic N) is 3. The van der Waals surface area contributed by atoms with Gasteiger partial charge in [-0.3, -0.25) is 9.78 Å². The van der Waals surface area contributed by atoms with E-state index in [9.17, 15) is 4.79 Å². The van der Waals surface area contributed by atoms with E-state index in [0.29, 0.717) is 39.9 Å². The molecule has 0 saturated heterocycles. The highest BCUT2D eigenvalue weighted by molar-refractivity contribution is 5.94. The number of benzene rings is 3. The van der Waals surface area contributed by atoms with Gasteiger partial charge in [0, 0.05) is 38.0 Å². The molecule has 0 aliphatic heterocycles. The van der Waals surface area contributed by atoms with E-state index in [2.05, 4.69) is 9.97 Å². The lowest BCUT2D eigenvalue weighted by molar-refractivity contribution is 0.0827. The molecule has 5 rings (SSSR count). The minimum atomic E-state index is -0.0786. The van der Waals surface area contributed by atoms with Crippen molar-refractivity contribution in [1.29, 1.82) is 0 Å². The molecule has 0 unspecified atom stereocenters. The maximum Gasteiger partial charge on any atom is 0.253 e. The molecule has 36 heavy (non-hydrogen) atoms. The molecule has 180 valence electrons. The fraction of sp³-hybridized carbons (Fsp3) is 0.107. The molecule has 0 fully saturated rings. The van der Waals surface area contributed by atoms with E-state index in [0.717, 1.165) is 17.0 Å². The molecular weight excluding hydrogens is 456 g/mol. The van der Waals surface area contributed by atoms with Crippen LogP contribution in [-0.2, 0) is 0 Å². The molecule has 1 N–H and O–H groups in total. The van der Waals surface area contributed by atoms with Gasteiger partial charge in [0.05, 0.1) is 18.1 Å².